The lowest BCUT2D eigenvalue weighted by Gasteiger charge is -2.09. The van der Waals surface area contributed by atoms with Gasteiger partial charge in [0, 0.05) is 11.4 Å². The van der Waals surface area contributed by atoms with Gasteiger partial charge in [-0.05, 0) is 49.2 Å². The average Bonchev–Trinajstić information content (AvgIpc) is 2.47. The molecule has 0 aliphatic heterocycles. The number of benzene rings is 2. The number of aromatic nitrogens is 3. The number of rotatable bonds is 4. The first-order valence-corrected chi connectivity index (χ1v) is 7.06. The highest BCUT2D eigenvalue weighted by molar-refractivity contribution is 5.59. The summed E-state index contributed by atoms with van der Waals surface area (Å²) in [6, 6.07) is 16.0. The van der Waals surface area contributed by atoms with E-state index >= 15 is 0 Å². The fourth-order valence-corrected chi connectivity index (χ4v) is 2.26. The van der Waals surface area contributed by atoms with Gasteiger partial charge in [0.15, 0.2) is 5.82 Å². The van der Waals surface area contributed by atoms with Crippen LogP contribution in [-0.2, 0) is 0 Å². The number of hydrogen-bond donors (Lipinski definition) is 2. The van der Waals surface area contributed by atoms with Crippen LogP contribution in [0.15, 0.2) is 54.7 Å². The molecule has 1 heterocycles. The molecule has 0 amide bonds. The summed E-state index contributed by atoms with van der Waals surface area (Å²) in [6.45, 7) is 4.14. The van der Waals surface area contributed by atoms with E-state index in [1.54, 1.807) is 6.20 Å². The van der Waals surface area contributed by atoms with Crippen molar-refractivity contribution in [3.8, 4) is 0 Å². The summed E-state index contributed by atoms with van der Waals surface area (Å²) >= 11 is 0. The molecule has 0 saturated heterocycles. The summed E-state index contributed by atoms with van der Waals surface area (Å²) < 4.78 is 0. The number of anilines is 4. The second kappa shape index (κ2) is 6.22. The predicted molar refractivity (Wildman–Crippen MR) is 88.8 cm³/mol. The van der Waals surface area contributed by atoms with Gasteiger partial charge in [0.25, 0.3) is 0 Å². The quantitative estimate of drug-likeness (QED) is 0.761. The lowest BCUT2D eigenvalue weighted by molar-refractivity contribution is 0.982. The second-order valence-corrected chi connectivity index (χ2v) is 5.16. The summed E-state index contributed by atoms with van der Waals surface area (Å²) in [6.07, 6.45) is 1.60. The van der Waals surface area contributed by atoms with E-state index in [-0.39, 0.29) is 0 Å². The van der Waals surface area contributed by atoms with Crippen molar-refractivity contribution in [1.29, 1.82) is 0 Å². The van der Waals surface area contributed by atoms with Crippen molar-refractivity contribution in [2.45, 2.75) is 13.8 Å². The van der Waals surface area contributed by atoms with Gasteiger partial charge in [0.2, 0.25) is 5.95 Å². The van der Waals surface area contributed by atoms with E-state index in [1.807, 2.05) is 30.3 Å². The molecule has 0 unspecified atom stereocenters. The van der Waals surface area contributed by atoms with Gasteiger partial charge in [-0.15, -0.1) is 5.10 Å². The summed E-state index contributed by atoms with van der Waals surface area (Å²) in [5.74, 6) is 1.11. The van der Waals surface area contributed by atoms with Gasteiger partial charge in [0.1, 0.15) is 0 Å². The number of nitrogens with zero attached hydrogens (tertiary/aromatic N) is 3. The van der Waals surface area contributed by atoms with Crippen molar-refractivity contribution >= 4 is 23.1 Å². The molecule has 2 N–H and O–H groups in total. The summed E-state index contributed by atoms with van der Waals surface area (Å²) in [5.41, 5.74) is 4.32. The van der Waals surface area contributed by atoms with E-state index in [9.17, 15) is 0 Å². The smallest absolute Gasteiger partial charge is 0.249 e. The average molecular weight is 291 g/mol. The van der Waals surface area contributed by atoms with Crippen LogP contribution in [0.4, 0.5) is 23.1 Å². The maximum absolute atomic E-state index is 4.43. The highest BCUT2D eigenvalue weighted by Crippen LogP contribution is 2.19. The minimum absolute atomic E-state index is 0.459. The van der Waals surface area contributed by atoms with Crippen LogP contribution in [0, 0.1) is 13.8 Å². The monoisotopic (exact) mass is 291 g/mol. The molecule has 0 aliphatic rings. The molecule has 0 spiro atoms. The molecule has 0 atom stereocenters. The zero-order valence-electron chi connectivity index (χ0n) is 12.5. The third kappa shape index (κ3) is 3.58. The Morgan fingerprint density at radius 2 is 1.55 bits per heavy atom. The minimum Gasteiger partial charge on any atom is -0.339 e. The third-order valence-electron chi connectivity index (χ3n) is 3.08. The molecular formula is C17H17N5. The SMILES string of the molecule is Cc1cc(C)cc(Nc2cnnc(Nc3ccccc3)n2)c1. The lowest BCUT2D eigenvalue weighted by Crippen LogP contribution is -2.02. The molecule has 0 saturated carbocycles. The molecule has 1 aromatic heterocycles. The van der Waals surface area contributed by atoms with Crippen LogP contribution >= 0.6 is 0 Å². The molecule has 2 aromatic carbocycles. The van der Waals surface area contributed by atoms with Crippen molar-refractivity contribution in [2.75, 3.05) is 10.6 Å². The number of aryl methyl sites for hydroxylation is 2. The Labute approximate surface area is 129 Å². The Kier molecular flexibility index (Phi) is 3.96. The van der Waals surface area contributed by atoms with Gasteiger partial charge in [0.05, 0.1) is 6.20 Å². The van der Waals surface area contributed by atoms with Gasteiger partial charge in [-0.2, -0.15) is 10.1 Å². The Balaban J connectivity index is 1.79. The van der Waals surface area contributed by atoms with Crippen LogP contribution in [0.3, 0.4) is 0 Å². The molecular weight excluding hydrogens is 274 g/mol. The lowest BCUT2D eigenvalue weighted by atomic mass is 10.1. The number of nitrogens with one attached hydrogen (secondary N) is 2. The van der Waals surface area contributed by atoms with Crippen LogP contribution in [-0.4, -0.2) is 15.2 Å². The Hall–Kier alpha value is -2.95. The maximum atomic E-state index is 4.43. The largest absolute Gasteiger partial charge is 0.339 e. The zero-order chi connectivity index (χ0) is 15.4. The van der Waals surface area contributed by atoms with E-state index in [1.165, 1.54) is 11.1 Å². The number of hydrogen-bond acceptors (Lipinski definition) is 5. The molecule has 3 aromatic rings. The first-order valence-electron chi connectivity index (χ1n) is 7.06. The third-order valence-corrected chi connectivity index (χ3v) is 3.08. The van der Waals surface area contributed by atoms with Crippen LogP contribution in [0.1, 0.15) is 11.1 Å². The first kappa shape index (κ1) is 14.0. The normalized spacial score (nSPS) is 10.3. The van der Waals surface area contributed by atoms with E-state index < -0.39 is 0 Å². The van der Waals surface area contributed by atoms with Crippen molar-refractivity contribution in [2.24, 2.45) is 0 Å². The second-order valence-electron chi connectivity index (χ2n) is 5.16. The zero-order valence-corrected chi connectivity index (χ0v) is 12.5. The molecule has 0 radical (unpaired) electrons. The van der Waals surface area contributed by atoms with Crippen LogP contribution in [0.5, 0.6) is 0 Å². The van der Waals surface area contributed by atoms with Gasteiger partial charge in [-0.3, -0.25) is 0 Å². The van der Waals surface area contributed by atoms with E-state index in [0.29, 0.717) is 11.8 Å². The first-order chi connectivity index (χ1) is 10.7. The topological polar surface area (TPSA) is 62.7 Å². The predicted octanol–water partition coefficient (Wildman–Crippen LogP) is 3.98. The van der Waals surface area contributed by atoms with Crippen LogP contribution < -0.4 is 10.6 Å². The molecule has 0 fully saturated rings. The molecule has 22 heavy (non-hydrogen) atoms. The van der Waals surface area contributed by atoms with Crippen LogP contribution in [0.25, 0.3) is 0 Å². The fraction of sp³-hybridized carbons (Fsp3) is 0.118. The van der Waals surface area contributed by atoms with E-state index in [0.717, 1.165) is 11.4 Å². The Morgan fingerprint density at radius 1 is 0.818 bits per heavy atom. The summed E-state index contributed by atoms with van der Waals surface area (Å²) in [4.78, 5) is 4.43. The molecule has 5 heteroatoms. The summed E-state index contributed by atoms with van der Waals surface area (Å²) in [7, 11) is 0. The van der Waals surface area contributed by atoms with Crippen molar-refractivity contribution in [3.05, 3.63) is 65.9 Å². The molecule has 3 rings (SSSR count). The van der Waals surface area contributed by atoms with E-state index in [4.69, 9.17) is 0 Å². The van der Waals surface area contributed by atoms with Gasteiger partial charge >= 0.3 is 0 Å². The van der Waals surface area contributed by atoms with Crippen LogP contribution in [0.2, 0.25) is 0 Å². The van der Waals surface area contributed by atoms with E-state index in [2.05, 4.69) is 57.9 Å². The van der Waals surface area contributed by atoms with Gasteiger partial charge in [-0.1, -0.05) is 24.3 Å². The summed E-state index contributed by atoms with van der Waals surface area (Å²) in [5, 5.41) is 14.4. The molecule has 0 bridgehead atoms. The fourth-order valence-electron chi connectivity index (χ4n) is 2.26. The highest BCUT2D eigenvalue weighted by Gasteiger charge is 2.02. The van der Waals surface area contributed by atoms with Crippen molar-refractivity contribution < 1.29 is 0 Å². The van der Waals surface area contributed by atoms with Gasteiger partial charge in [-0.25, -0.2) is 0 Å². The standard InChI is InChI=1S/C17H17N5/c1-12-8-13(2)10-15(9-12)19-16-11-18-22-17(21-16)20-14-6-4-3-5-7-14/h3-11H,1-2H3,(H2,19,20,21,22). The van der Waals surface area contributed by atoms with Crippen molar-refractivity contribution in [1.82, 2.24) is 15.2 Å². The molecule has 0 aliphatic carbocycles. The minimum atomic E-state index is 0.459. The van der Waals surface area contributed by atoms with Gasteiger partial charge < -0.3 is 10.6 Å². The number of para-hydroxylation sites is 1. The maximum Gasteiger partial charge on any atom is 0.249 e. The Bertz CT molecular complexity index is 751. The molecule has 110 valence electrons. The van der Waals surface area contributed by atoms with Crippen molar-refractivity contribution in [3.63, 3.8) is 0 Å². The highest BCUT2D eigenvalue weighted by atomic mass is 15.3. The molecule has 5 nitrogen and oxygen atoms in total. The Morgan fingerprint density at radius 3 is 2.27 bits per heavy atom.